The van der Waals surface area contributed by atoms with Gasteiger partial charge in [0.25, 0.3) is 11.8 Å². The average molecular weight is 486 g/mol. The maximum Gasteiger partial charge on any atom is 0.405 e. The van der Waals surface area contributed by atoms with Crippen molar-refractivity contribution in [3.63, 3.8) is 0 Å². The van der Waals surface area contributed by atoms with Crippen molar-refractivity contribution < 1.29 is 22.8 Å². The molecule has 2 aromatic carbocycles. The molecule has 7 nitrogen and oxygen atoms in total. The highest BCUT2D eigenvalue weighted by molar-refractivity contribution is 5.94. The molecule has 0 spiro atoms. The van der Waals surface area contributed by atoms with Crippen LogP contribution < -0.4 is 5.32 Å². The van der Waals surface area contributed by atoms with Crippen LogP contribution in [-0.4, -0.2) is 50.5 Å². The summed E-state index contributed by atoms with van der Waals surface area (Å²) in [4.78, 5) is 28.6. The Balaban J connectivity index is 1.49. The third kappa shape index (κ3) is 5.87. The Kier molecular flexibility index (Phi) is 6.64. The molecule has 0 unspecified atom stereocenters. The summed E-state index contributed by atoms with van der Waals surface area (Å²) in [5.41, 5.74) is 4.60. The highest BCUT2D eigenvalue weighted by atomic mass is 19.4. The molecule has 184 valence electrons. The van der Waals surface area contributed by atoms with Crippen molar-refractivity contribution in [2.45, 2.75) is 52.4 Å². The van der Waals surface area contributed by atoms with Crippen molar-refractivity contribution in [3.8, 4) is 5.69 Å². The average Bonchev–Trinajstić information content (AvgIpc) is 3.56. The van der Waals surface area contributed by atoms with E-state index >= 15 is 0 Å². The van der Waals surface area contributed by atoms with E-state index in [9.17, 15) is 22.8 Å². The van der Waals surface area contributed by atoms with Gasteiger partial charge < -0.3 is 10.2 Å². The molecule has 1 N–H and O–H groups in total. The second kappa shape index (κ2) is 9.52. The predicted molar refractivity (Wildman–Crippen MR) is 123 cm³/mol. The van der Waals surface area contributed by atoms with Crippen molar-refractivity contribution >= 4 is 11.8 Å². The molecule has 4 rings (SSSR count). The molecule has 0 aliphatic heterocycles. The maximum absolute atomic E-state index is 13.4. The van der Waals surface area contributed by atoms with Gasteiger partial charge in [-0.2, -0.15) is 23.1 Å². The number of rotatable bonds is 7. The van der Waals surface area contributed by atoms with Gasteiger partial charge in [-0.05, 0) is 62.9 Å². The van der Waals surface area contributed by atoms with Gasteiger partial charge in [-0.15, -0.1) is 5.10 Å². The van der Waals surface area contributed by atoms with Gasteiger partial charge in [-0.1, -0.05) is 29.8 Å². The first-order valence-corrected chi connectivity index (χ1v) is 11.3. The van der Waals surface area contributed by atoms with Gasteiger partial charge in [-0.3, -0.25) is 9.59 Å². The van der Waals surface area contributed by atoms with Crippen LogP contribution in [0.25, 0.3) is 5.69 Å². The smallest absolute Gasteiger partial charge is 0.343 e. The number of carbonyl (C=O) groups is 2. The van der Waals surface area contributed by atoms with Gasteiger partial charge in [0.1, 0.15) is 6.54 Å². The lowest BCUT2D eigenvalue weighted by Gasteiger charge is -2.22. The predicted octanol–water partition coefficient (Wildman–Crippen LogP) is 4.29. The van der Waals surface area contributed by atoms with Crippen molar-refractivity contribution in [1.82, 2.24) is 25.2 Å². The highest BCUT2D eigenvalue weighted by Gasteiger charge is 2.35. The van der Waals surface area contributed by atoms with Crippen LogP contribution in [-0.2, 0) is 6.54 Å². The minimum absolute atomic E-state index is 0.0860. The fraction of sp³-hybridized carbons (Fsp3) is 0.360. The van der Waals surface area contributed by atoms with Gasteiger partial charge >= 0.3 is 6.18 Å². The number of nitrogens with one attached hydrogen (secondary N) is 1. The molecular formula is C25H26F3N5O2. The first-order valence-electron chi connectivity index (χ1n) is 11.3. The van der Waals surface area contributed by atoms with Crippen LogP contribution in [0.3, 0.4) is 0 Å². The number of benzene rings is 2. The zero-order valence-corrected chi connectivity index (χ0v) is 19.7. The Morgan fingerprint density at radius 2 is 1.74 bits per heavy atom. The molecule has 35 heavy (non-hydrogen) atoms. The van der Waals surface area contributed by atoms with E-state index in [4.69, 9.17) is 0 Å². The number of alkyl halides is 3. The number of amides is 2. The monoisotopic (exact) mass is 485 g/mol. The van der Waals surface area contributed by atoms with E-state index in [0.29, 0.717) is 12.2 Å². The number of halogens is 3. The molecule has 3 aromatic rings. The zero-order chi connectivity index (χ0) is 25.3. The lowest BCUT2D eigenvalue weighted by atomic mass is 10.1. The fourth-order valence-corrected chi connectivity index (χ4v) is 3.84. The molecule has 0 radical (unpaired) electrons. The molecule has 1 fully saturated rings. The lowest BCUT2D eigenvalue weighted by molar-refractivity contribution is -0.123. The van der Waals surface area contributed by atoms with Gasteiger partial charge in [0.15, 0.2) is 5.69 Å². The number of hydrogen-bond donors (Lipinski definition) is 1. The third-order valence-electron chi connectivity index (χ3n) is 5.82. The van der Waals surface area contributed by atoms with Crippen LogP contribution in [0.4, 0.5) is 13.2 Å². The summed E-state index contributed by atoms with van der Waals surface area (Å²) in [7, 11) is 0. The van der Waals surface area contributed by atoms with E-state index in [2.05, 4.69) is 10.2 Å². The second-order valence-electron chi connectivity index (χ2n) is 8.87. The number of aryl methyl sites for hydroxylation is 3. The van der Waals surface area contributed by atoms with Crippen molar-refractivity contribution in [2.75, 3.05) is 6.54 Å². The first kappa shape index (κ1) is 24.4. The van der Waals surface area contributed by atoms with Crippen molar-refractivity contribution in [1.29, 1.82) is 0 Å². The van der Waals surface area contributed by atoms with Crippen molar-refractivity contribution in [3.05, 3.63) is 76.1 Å². The standard InChI is InChI=1S/C25H26F3N5O2/c1-15-4-11-21(16(2)12-15)33-30-17(3)22(31-33)24(35)32(20-9-10-20)13-18-5-7-19(8-6-18)23(34)29-14-25(26,27)28/h4-8,11-12,20H,9-10,13-14H2,1-3H3,(H,29,34). The maximum atomic E-state index is 13.4. The van der Waals surface area contributed by atoms with Crippen LogP contribution in [0.5, 0.6) is 0 Å². The van der Waals surface area contributed by atoms with E-state index in [0.717, 1.165) is 35.2 Å². The number of nitrogens with zero attached hydrogens (tertiary/aromatic N) is 4. The third-order valence-corrected chi connectivity index (χ3v) is 5.82. The Morgan fingerprint density at radius 1 is 1.06 bits per heavy atom. The minimum Gasteiger partial charge on any atom is -0.343 e. The zero-order valence-electron chi connectivity index (χ0n) is 19.7. The summed E-state index contributed by atoms with van der Waals surface area (Å²) in [5, 5.41) is 10.8. The van der Waals surface area contributed by atoms with Crippen LogP contribution in [0.2, 0.25) is 0 Å². The summed E-state index contributed by atoms with van der Waals surface area (Å²) >= 11 is 0. The van der Waals surface area contributed by atoms with Crippen LogP contribution in [0, 0.1) is 20.8 Å². The van der Waals surface area contributed by atoms with E-state index in [-0.39, 0.29) is 23.2 Å². The Bertz CT molecular complexity index is 1250. The molecule has 0 bridgehead atoms. The molecule has 1 aliphatic rings. The normalized spacial score (nSPS) is 13.5. The molecule has 2 amide bonds. The highest BCUT2D eigenvalue weighted by Crippen LogP contribution is 2.30. The number of carbonyl (C=O) groups excluding carboxylic acids is 2. The topological polar surface area (TPSA) is 80.1 Å². The van der Waals surface area contributed by atoms with Crippen LogP contribution in [0.1, 0.15) is 56.1 Å². The summed E-state index contributed by atoms with van der Waals surface area (Å²) in [6.07, 6.45) is -2.71. The Morgan fingerprint density at radius 3 is 2.34 bits per heavy atom. The molecule has 0 atom stereocenters. The van der Waals surface area contributed by atoms with E-state index in [1.165, 1.54) is 16.9 Å². The Hall–Kier alpha value is -3.69. The summed E-state index contributed by atoms with van der Waals surface area (Å²) < 4.78 is 37.0. The number of hydrogen-bond acceptors (Lipinski definition) is 4. The number of aromatic nitrogens is 3. The lowest BCUT2D eigenvalue weighted by Crippen LogP contribution is -2.34. The fourth-order valence-electron chi connectivity index (χ4n) is 3.84. The quantitative estimate of drug-likeness (QED) is 0.542. The van der Waals surface area contributed by atoms with Crippen molar-refractivity contribution in [2.24, 2.45) is 0 Å². The molecule has 1 heterocycles. The largest absolute Gasteiger partial charge is 0.405 e. The SMILES string of the molecule is Cc1ccc(-n2nc(C)c(C(=O)N(Cc3ccc(C(=O)NCC(F)(F)F)cc3)C3CC3)n2)c(C)c1. The van der Waals surface area contributed by atoms with Crippen LogP contribution >= 0.6 is 0 Å². The molecule has 1 aliphatic carbocycles. The summed E-state index contributed by atoms with van der Waals surface area (Å²) in [6.45, 7) is 4.62. The second-order valence-corrected chi connectivity index (χ2v) is 8.87. The molecule has 0 saturated heterocycles. The van der Waals surface area contributed by atoms with Crippen LogP contribution in [0.15, 0.2) is 42.5 Å². The molecule has 1 aromatic heterocycles. The van der Waals surface area contributed by atoms with Gasteiger partial charge in [0.2, 0.25) is 0 Å². The van der Waals surface area contributed by atoms with E-state index in [1.54, 1.807) is 24.0 Å². The molecular weight excluding hydrogens is 459 g/mol. The summed E-state index contributed by atoms with van der Waals surface area (Å²) in [5.74, 6) is -1.03. The van der Waals surface area contributed by atoms with E-state index in [1.807, 2.05) is 37.4 Å². The van der Waals surface area contributed by atoms with Gasteiger partial charge in [0.05, 0.1) is 11.4 Å². The minimum atomic E-state index is -4.47. The van der Waals surface area contributed by atoms with Gasteiger partial charge in [0, 0.05) is 18.2 Å². The summed E-state index contributed by atoms with van der Waals surface area (Å²) in [6, 6.07) is 12.2. The molecule has 1 saturated carbocycles. The first-order chi connectivity index (χ1) is 16.5. The van der Waals surface area contributed by atoms with Gasteiger partial charge in [-0.25, -0.2) is 0 Å². The van der Waals surface area contributed by atoms with E-state index < -0.39 is 18.6 Å². The molecule has 10 heteroatoms. The Labute approximate surface area is 200 Å².